The van der Waals surface area contributed by atoms with Gasteiger partial charge in [-0.25, -0.2) is 0 Å². The lowest BCUT2D eigenvalue weighted by atomic mass is 9.99. The second-order valence-corrected chi connectivity index (χ2v) is 11.0. The SMILES string of the molecule is C1CCC([PH+](C2CCCCC2)C2CCCCC2)CC1.[Br-]. The Bertz CT molecular complexity index is 207. The molecule has 0 bridgehead atoms. The van der Waals surface area contributed by atoms with Gasteiger partial charge in [0.15, 0.2) is 0 Å². The van der Waals surface area contributed by atoms with E-state index in [2.05, 4.69) is 0 Å². The molecule has 0 atom stereocenters. The minimum absolute atomic E-state index is 0. The lowest BCUT2D eigenvalue weighted by Crippen LogP contribution is -3.00. The van der Waals surface area contributed by atoms with Gasteiger partial charge in [0.25, 0.3) is 0 Å². The van der Waals surface area contributed by atoms with Gasteiger partial charge in [-0.15, -0.1) is 0 Å². The maximum Gasteiger partial charge on any atom is 0.0680 e. The summed E-state index contributed by atoms with van der Waals surface area (Å²) in [6.07, 6.45) is 23.8. The molecule has 3 fully saturated rings. The van der Waals surface area contributed by atoms with Crippen LogP contribution in [0.2, 0.25) is 0 Å². The fraction of sp³-hybridized carbons (Fsp3) is 1.00. The molecular weight excluding hydrogens is 327 g/mol. The van der Waals surface area contributed by atoms with Gasteiger partial charge in [0.05, 0.1) is 17.0 Å². The van der Waals surface area contributed by atoms with Gasteiger partial charge in [0, 0.05) is 7.92 Å². The van der Waals surface area contributed by atoms with Gasteiger partial charge < -0.3 is 17.0 Å². The smallest absolute Gasteiger partial charge is 0.0680 e. The van der Waals surface area contributed by atoms with E-state index in [1.807, 2.05) is 0 Å². The molecule has 3 saturated carbocycles. The van der Waals surface area contributed by atoms with Gasteiger partial charge >= 0.3 is 0 Å². The van der Waals surface area contributed by atoms with E-state index < -0.39 is 0 Å². The number of rotatable bonds is 3. The topological polar surface area (TPSA) is 0 Å². The van der Waals surface area contributed by atoms with Crippen LogP contribution in [0.1, 0.15) is 96.3 Å². The van der Waals surface area contributed by atoms with Crippen molar-refractivity contribution in [1.82, 2.24) is 0 Å². The lowest BCUT2D eigenvalue weighted by Gasteiger charge is -2.38. The largest absolute Gasteiger partial charge is 1.00 e. The van der Waals surface area contributed by atoms with Crippen molar-refractivity contribution in [2.45, 2.75) is 113 Å². The van der Waals surface area contributed by atoms with E-state index in [0.717, 1.165) is 0 Å². The molecule has 0 radical (unpaired) electrons. The van der Waals surface area contributed by atoms with Crippen LogP contribution in [-0.2, 0) is 0 Å². The van der Waals surface area contributed by atoms with Crippen molar-refractivity contribution in [2.24, 2.45) is 0 Å². The van der Waals surface area contributed by atoms with Crippen LogP contribution in [0.25, 0.3) is 0 Å². The minimum Gasteiger partial charge on any atom is -1.00 e. The van der Waals surface area contributed by atoms with E-state index in [-0.39, 0.29) is 24.9 Å². The zero-order valence-electron chi connectivity index (χ0n) is 13.2. The molecule has 0 N–H and O–H groups in total. The molecular formula is C18H34BrP. The minimum atomic E-state index is -0.0465. The van der Waals surface area contributed by atoms with Crippen molar-refractivity contribution in [2.75, 3.05) is 0 Å². The Morgan fingerprint density at radius 2 is 0.650 bits per heavy atom. The van der Waals surface area contributed by atoms with Crippen LogP contribution in [0, 0.1) is 0 Å². The van der Waals surface area contributed by atoms with Crippen LogP contribution >= 0.6 is 7.92 Å². The van der Waals surface area contributed by atoms with Gasteiger partial charge in [0.2, 0.25) is 0 Å². The third kappa shape index (κ3) is 4.45. The fourth-order valence-electron chi connectivity index (χ4n) is 5.31. The van der Waals surface area contributed by atoms with Crippen LogP contribution in [0.15, 0.2) is 0 Å². The third-order valence-corrected chi connectivity index (χ3v) is 10.8. The molecule has 0 nitrogen and oxygen atoms in total. The molecule has 3 aliphatic carbocycles. The first kappa shape index (κ1) is 17.3. The summed E-state index contributed by atoms with van der Waals surface area (Å²) in [4.78, 5) is 0. The van der Waals surface area contributed by atoms with Crippen LogP contribution in [0.3, 0.4) is 0 Å². The number of hydrogen-bond donors (Lipinski definition) is 0. The lowest BCUT2D eigenvalue weighted by molar-refractivity contribution is -0.00000399. The second kappa shape index (κ2) is 9.14. The fourth-order valence-corrected chi connectivity index (χ4v) is 10.5. The Hall–Kier alpha value is 0.910. The maximum absolute atomic E-state index is 1.63. The monoisotopic (exact) mass is 360 g/mol. The molecule has 0 saturated heterocycles. The summed E-state index contributed by atoms with van der Waals surface area (Å²) < 4.78 is 0. The van der Waals surface area contributed by atoms with Crippen LogP contribution in [-0.4, -0.2) is 17.0 Å². The van der Waals surface area contributed by atoms with Crippen molar-refractivity contribution in [3.63, 3.8) is 0 Å². The van der Waals surface area contributed by atoms with E-state index in [1.54, 1.807) is 96.3 Å². The van der Waals surface area contributed by atoms with E-state index in [9.17, 15) is 0 Å². The van der Waals surface area contributed by atoms with Crippen LogP contribution in [0.4, 0.5) is 0 Å². The molecule has 0 amide bonds. The van der Waals surface area contributed by atoms with Crippen molar-refractivity contribution in [3.8, 4) is 0 Å². The number of hydrogen-bond acceptors (Lipinski definition) is 0. The highest BCUT2D eigenvalue weighted by atomic mass is 79.9. The van der Waals surface area contributed by atoms with Gasteiger partial charge in [-0.05, 0) is 77.0 Å². The van der Waals surface area contributed by atoms with Crippen molar-refractivity contribution >= 4 is 7.92 Å². The average Bonchev–Trinajstić information content (AvgIpc) is 2.51. The Morgan fingerprint density at radius 3 is 0.900 bits per heavy atom. The maximum atomic E-state index is 1.63. The van der Waals surface area contributed by atoms with E-state index in [4.69, 9.17) is 0 Å². The van der Waals surface area contributed by atoms with E-state index in [0.29, 0.717) is 0 Å². The van der Waals surface area contributed by atoms with Gasteiger partial charge in [0.1, 0.15) is 0 Å². The molecule has 118 valence electrons. The quantitative estimate of drug-likeness (QED) is 0.678. The van der Waals surface area contributed by atoms with Gasteiger partial charge in [-0.3, -0.25) is 0 Å². The van der Waals surface area contributed by atoms with Crippen molar-refractivity contribution in [1.29, 1.82) is 0 Å². The average molecular weight is 361 g/mol. The Kier molecular flexibility index (Phi) is 7.89. The molecule has 0 aromatic carbocycles. The molecule has 3 aliphatic rings. The summed E-state index contributed by atoms with van der Waals surface area (Å²) in [5, 5.41) is 0. The molecule has 20 heavy (non-hydrogen) atoms. The first-order valence-electron chi connectivity index (χ1n) is 9.32. The Labute approximate surface area is 138 Å². The van der Waals surface area contributed by atoms with Crippen molar-refractivity contribution < 1.29 is 17.0 Å². The molecule has 0 heterocycles. The number of halogens is 1. The third-order valence-electron chi connectivity index (χ3n) is 6.23. The summed E-state index contributed by atoms with van der Waals surface area (Å²) in [6, 6.07) is 0. The zero-order valence-corrected chi connectivity index (χ0v) is 15.8. The van der Waals surface area contributed by atoms with Crippen molar-refractivity contribution in [3.05, 3.63) is 0 Å². The molecule has 0 spiro atoms. The Morgan fingerprint density at radius 1 is 0.400 bits per heavy atom. The molecule has 0 aliphatic heterocycles. The van der Waals surface area contributed by atoms with E-state index in [1.165, 1.54) is 17.0 Å². The molecule has 3 rings (SSSR count). The molecule has 0 aromatic rings. The summed E-state index contributed by atoms with van der Waals surface area (Å²) in [7, 11) is -0.0465. The normalized spacial score (nSPS) is 27.4. The van der Waals surface area contributed by atoms with Gasteiger partial charge in [-0.1, -0.05) is 19.3 Å². The summed E-state index contributed by atoms with van der Waals surface area (Å²) >= 11 is 0. The van der Waals surface area contributed by atoms with Crippen LogP contribution in [0.5, 0.6) is 0 Å². The van der Waals surface area contributed by atoms with Crippen LogP contribution < -0.4 is 17.0 Å². The highest BCUT2D eigenvalue weighted by Gasteiger charge is 2.42. The first-order valence-corrected chi connectivity index (χ1v) is 11.0. The Balaban J connectivity index is 0.00000147. The predicted molar refractivity (Wildman–Crippen MR) is 88.9 cm³/mol. The van der Waals surface area contributed by atoms with E-state index >= 15 is 0 Å². The molecule has 0 unspecified atom stereocenters. The standard InChI is InChI=1S/C18H33P.BrH/c1-4-10-16(11-5-1)19(17-12-6-2-7-13-17)18-14-8-3-9-15-18;/h16-18H,1-15H2;1H. The highest BCUT2D eigenvalue weighted by molar-refractivity contribution is 7.59. The first-order chi connectivity index (χ1) is 9.45. The zero-order chi connectivity index (χ0) is 12.9. The second-order valence-electron chi connectivity index (χ2n) is 7.50. The summed E-state index contributed by atoms with van der Waals surface area (Å²) in [5.74, 6) is 0. The molecule has 2 heteroatoms. The predicted octanol–water partition coefficient (Wildman–Crippen LogP) is 3.20. The molecule has 0 aromatic heterocycles. The summed E-state index contributed by atoms with van der Waals surface area (Å²) in [5.41, 5.74) is 3.68. The highest BCUT2D eigenvalue weighted by Crippen LogP contribution is 2.61. The summed E-state index contributed by atoms with van der Waals surface area (Å²) in [6.45, 7) is 0. The van der Waals surface area contributed by atoms with Gasteiger partial charge in [-0.2, -0.15) is 0 Å².